The fourth-order valence-corrected chi connectivity index (χ4v) is 4.30. The van der Waals surface area contributed by atoms with Crippen LogP contribution in [0.25, 0.3) is 0 Å². The second-order valence-electron chi connectivity index (χ2n) is 7.68. The van der Waals surface area contributed by atoms with E-state index >= 15 is 0 Å². The number of aliphatic hydroxyl groups excluding tert-OH is 1. The normalized spacial score (nSPS) is 18.1. The third kappa shape index (κ3) is 5.10. The predicted octanol–water partition coefficient (Wildman–Crippen LogP) is 2.93. The number of hydrogen-bond acceptors (Lipinski definition) is 5. The van der Waals surface area contributed by atoms with Crippen LogP contribution in [0.3, 0.4) is 0 Å². The Kier molecular flexibility index (Phi) is 6.37. The van der Waals surface area contributed by atoms with E-state index in [1.165, 1.54) is 11.3 Å². The molecule has 6 nitrogen and oxygen atoms in total. The Hall–Kier alpha value is -2.09. The Morgan fingerprint density at radius 3 is 2.59 bits per heavy atom. The summed E-state index contributed by atoms with van der Waals surface area (Å²) in [4.78, 5) is 16.4. The number of halogens is 1. The van der Waals surface area contributed by atoms with Crippen molar-refractivity contribution in [3.05, 3.63) is 52.5 Å². The number of carbonyl (C=O) groups is 1. The van der Waals surface area contributed by atoms with Crippen LogP contribution in [-0.4, -0.2) is 61.3 Å². The Labute approximate surface area is 180 Å². The van der Waals surface area contributed by atoms with Gasteiger partial charge in [0.05, 0.1) is 6.10 Å². The zero-order valence-corrected chi connectivity index (χ0v) is 18.0. The number of hydrogen-bond donors (Lipinski definition) is 3. The van der Waals surface area contributed by atoms with Gasteiger partial charge in [0.25, 0.3) is 0 Å². The standard InChI is InChI=1S/C22H27BrN4O2/c23-16-4-6-17(7-5-16)24-14-18(28)15-26-10-12-27(13-11-26)21-3-1-2-20-19(21)8-9-22(29)25-20/h1-7,18,24,28H,8-15H2,(H,25,29). The first-order valence-corrected chi connectivity index (χ1v) is 10.9. The van der Waals surface area contributed by atoms with E-state index in [1.54, 1.807) is 0 Å². The van der Waals surface area contributed by atoms with E-state index in [0.717, 1.165) is 48.4 Å². The number of amides is 1. The van der Waals surface area contributed by atoms with Crippen LogP contribution in [0.2, 0.25) is 0 Å². The third-order valence-corrected chi connectivity index (χ3v) is 6.12. The smallest absolute Gasteiger partial charge is 0.224 e. The molecule has 3 N–H and O–H groups in total. The first-order chi connectivity index (χ1) is 14.1. The molecule has 2 heterocycles. The fourth-order valence-electron chi connectivity index (χ4n) is 4.04. The van der Waals surface area contributed by atoms with Crippen LogP contribution >= 0.6 is 15.9 Å². The van der Waals surface area contributed by atoms with Crippen molar-refractivity contribution in [1.29, 1.82) is 0 Å². The summed E-state index contributed by atoms with van der Waals surface area (Å²) in [5.41, 5.74) is 4.45. The van der Waals surface area contributed by atoms with E-state index in [2.05, 4.69) is 42.4 Å². The SMILES string of the molecule is O=C1CCc2c(cccc2N2CCN(CC(O)CNc3ccc(Br)cc3)CC2)N1. The van der Waals surface area contributed by atoms with Gasteiger partial charge in [0, 0.05) is 67.2 Å². The van der Waals surface area contributed by atoms with Gasteiger partial charge >= 0.3 is 0 Å². The highest BCUT2D eigenvalue weighted by Gasteiger charge is 2.24. The average molecular weight is 459 g/mol. The van der Waals surface area contributed by atoms with Gasteiger partial charge in [0.1, 0.15) is 0 Å². The summed E-state index contributed by atoms with van der Waals surface area (Å²) in [6.45, 7) is 4.90. The number of fused-ring (bicyclic) bond motifs is 1. The Balaban J connectivity index is 1.27. The summed E-state index contributed by atoms with van der Waals surface area (Å²) in [7, 11) is 0. The summed E-state index contributed by atoms with van der Waals surface area (Å²) < 4.78 is 1.04. The van der Waals surface area contributed by atoms with Crippen LogP contribution < -0.4 is 15.5 Å². The Morgan fingerprint density at radius 1 is 1.07 bits per heavy atom. The van der Waals surface area contributed by atoms with Gasteiger partial charge in [0.2, 0.25) is 5.91 Å². The quantitative estimate of drug-likeness (QED) is 0.620. The molecule has 1 atom stereocenters. The first kappa shape index (κ1) is 20.2. The third-order valence-electron chi connectivity index (χ3n) is 5.60. The minimum Gasteiger partial charge on any atom is -0.390 e. The Bertz CT molecular complexity index is 850. The molecular formula is C22H27BrN4O2. The zero-order valence-electron chi connectivity index (χ0n) is 16.4. The van der Waals surface area contributed by atoms with Crippen LogP contribution in [0, 0.1) is 0 Å². The van der Waals surface area contributed by atoms with Crippen LogP contribution in [0.15, 0.2) is 46.9 Å². The van der Waals surface area contributed by atoms with Crippen molar-refractivity contribution in [2.75, 3.05) is 54.8 Å². The van der Waals surface area contributed by atoms with Crippen molar-refractivity contribution in [3.8, 4) is 0 Å². The summed E-state index contributed by atoms with van der Waals surface area (Å²) in [5, 5.41) is 16.7. The minimum absolute atomic E-state index is 0.102. The van der Waals surface area contributed by atoms with Gasteiger partial charge in [-0.3, -0.25) is 9.69 Å². The summed E-state index contributed by atoms with van der Waals surface area (Å²) in [5.74, 6) is 0.102. The highest BCUT2D eigenvalue weighted by molar-refractivity contribution is 9.10. The minimum atomic E-state index is -0.412. The molecule has 154 valence electrons. The molecule has 0 bridgehead atoms. The number of rotatable bonds is 6. The lowest BCUT2D eigenvalue weighted by molar-refractivity contribution is -0.116. The van der Waals surface area contributed by atoms with Crippen molar-refractivity contribution in [2.24, 2.45) is 0 Å². The van der Waals surface area contributed by atoms with Gasteiger partial charge in [-0.05, 0) is 48.4 Å². The van der Waals surface area contributed by atoms with Gasteiger partial charge in [0.15, 0.2) is 0 Å². The lowest BCUT2D eigenvalue weighted by Gasteiger charge is -2.38. The van der Waals surface area contributed by atoms with Gasteiger partial charge in [-0.15, -0.1) is 0 Å². The molecule has 1 unspecified atom stereocenters. The zero-order chi connectivity index (χ0) is 20.2. The lowest BCUT2D eigenvalue weighted by Crippen LogP contribution is -2.49. The van der Waals surface area contributed by atoms with E-state index in [1.807, 2.05) is 36.4 Å². The number of anilines is 3. The van der Waals surface area contributed by atoms with E-state index in [-0.39, 0.29) is 5.91 Å². The van der Waals surface area contributed by atoms with Crippen LogP contribution in [0.5, 0.6) is 0 Å². The summed E-state index contributed by atoms with van der Waals surface area (Å²) in [6, 6.07) is 14.1. The molecule has 2 aromatic carbocycles. The van der Waals surface area contributed by atoms with Crippen molar-refractivity contribution in [3.63, 3.8) is 0 Å². The van der Waals surface area contributed by atoms with E-state index in [0.29, 0.717) is 19.5 Å². The number of aliphatic hydroxyl groups is 1. The van der Waals surface area contributed by atoms with Gasteiger partial charge < -0.3 is 20.6 Å². The van der Waals surface area contributed by atoms with Crippen LogP contribution in [-0.2, 0) is 11.2 Å². The van der Waals surface area contributed by atoms with E-state index in [4.69, 9.17) is 0 Å². The second kappa shape index (κ2) is 9.15. The number of nitrogens with one attached hydrogen (secondary N) is 2. The second-order valence-corrected chi connectivity index (χ2v) is 8.60. The number of carbonyl (C=O) groups excluding carboxylic acids is 1. The van der Waals surface area contributed by atoms with Gasteiger partial charge in [-0.1, -0.05) is 22.0 Å². The molecule has 1 fully saturated rings. The molecule has 7 heteroatoms. The molecule has 1 amide bonds. The molecule has 0 aliphatic carbocycles. The summed E-state index contributed by atoms with van der Waals surface area (Å²) >= 11 is 3.43. The number of β-amino-alcohol motifs (C(OH)–C–C–N with tert-alkyl or cyclic N) is 1. The first-order valence-electron chi connectivity index (χ1n) is 10.1. The van der Waals surface area contributed by atoms with E-state index in [9.17, 15) is 9.90 Å². The maximum Gasteiger partial charge on any atom is 0.224 e. The van der Waals surface area contributed by atoms with Gasteiger partial charge in [-0.2, -0.15) is 0 Å². The molecule has 2 aromatic rings. The van der Waals surface area contributed by atoms with Crippen molar-refractivity contribution < 1.29 is 9.90 Å². The molecule has 0 aromatic heterocycles. The maximum absolute atomic E-state index is 11.7. The predicted molar refractivity (Wildman–Crippen MR) is 121 cm³/mol. The van der Waals surface area contributed by atoms with Crippen LogP contribution in [0.4, 0.5) is 17.1 Å². The number of benzene rings is 2. The van der Waals surface area contributed by atoms with Crippen molar-refractivity contribution >= 4 is 38.9 Å². The number of piperazine rings is 1. The van der Waals surface area contributed by atoms with Crippen LogP contribution in [0.1, 0.15) is 12.0 Å². The highest BCUT2D eigenvalue weighted by atomic mass is 79.9. The Morgan fingerprint density at radius 2 is 1.83 bits per heavy atom. The van der Waals surface area contributed by atoms with E-state index < -0.39 is 6.10 Å². The summed E-state index contributed by atoms with van der Waals surface area (Å²) in [6.07, 6.45) is 0.949. The number of nitrogens with zero attached hydrogens (tertiary/aromatic N) is 2. The van der Waals surface area contributed by atoms with Crippen molar-refractivity contribution in [2.45, 2.75) is 18.9 Å². The highest BCUT2D eigenvalue weighted by Crippen LogP contribution is 2.32. The monoisotopic (exact) mass is 458 g/mol. The molecule has 2 aliphatic rings. The molecule has 2 aliphatic heterocycles. The lowest BCUT2D eigenvalue weighted by atomic mass is 10.00. The molecule has 0 saturated carbocycles. The fraction of sp³-hybridized carbons (Fsp3) is 0.409. The molecule has 29 heavy (non-hydrogen) atoms. The van der Waals surface area contributed by atoms with Gasteiger partial charge in [-0.25, -0.2) is 0 Å². The van der Waals surface area contributed by atoms with Crippen molar-refractivity contribution in [1.82, 2.24) is 4.90 Å². The molecule has 0 radical (unpaired) electrons. The maximum atomic E-state index is 11.7. The molecular weight excluding hydrogens is 432 g/mol. The molecule has 0 spiro atoms. The average Bonchev–Trinajstić information content (AvgIpc) is 2.73. The molecule has 4 rings (SSSR count). The largest absolute Gasteiger partial charge is 0.390 e. The topological polar surface area (TPSA) is 67.8 Å². The molecule has 1 saturated heterocycles.